The van der Waals surface area contributed by atoms with E-state index in [0.29, 0.717) is 34.4 Å². The largest absolute Gasteiger partial charge is 0.474 e. The van der Waals surface area contributed by atoms with Crippen LogP contribution in [0.1, 0.15) is 45.6 Å². The molecule has 1 saturated heterocycles. The van der Waals surface area contributed by atoms with Crippen molar-refractivity contribution < 1.29 is 14.3 Å². The van der Waals surface area contributed by atoms with E-state index in [0.717, 1.165) is 19.4 Å². The Kier molecular flexibility index (Phi) is 5.05. The van der Waals surface area contributed by atoms with Crippen molar-refractivity contribution in [2.24, 2.45) is 5.92 Å². The van der Waals surface area contributed by atoms with Crippen LogP contribution in [0.4, 0.5) is 5.82 Å². The van der Waals surface area contributed by atoms with Crippen molar-refractivity contribution in [1.82, 2.24) is 19.9 Å². The van der Waals surface area contributed by atoms with Gasteiger partial charge in [0.2, 0.25) is 5.91 Å². The van der Waals surface area contributed by atoms with Crippen LogP contribution in [-0.4, -0.2) is 38.6 Å². The fraction of sp³-hybridized carbons (Fsp3) is 0.429. The Morgan fingerprint density at radius 3 is 2.77 bits per heavy atom. The van der Waals surface area contributed by atoms with Crippen LogP contribution in [-0.2, 0) is 14.3 Å². The molecule has 0 unspecified atom stereocenters. The second-order valence-electron chi connectivity index (χ2n) is 8.66. The van der Waals surface area contributed by atoms with E-state index in [1.54, 1.807) is 22.9 Å². The number of carbonyl (C=O) groups excluding carboxylic acids is 2. The van der Waals surface area contributed by atoms with Crippen LogP contribution >= 0.6 is 11.6 Å². The van der Waals surface area contributed by atoms with Crippen LogP contribution in [0.2, 0.25) is 5.15 Å². The minimum absolute atomic E-state index is 0.0353. The van der Waals surface area contributed by atoms with E-state index in [1.807, 2.05) is 25.7 Å². The van der Waals surface area contributed by atoms with Gasteiger partial charge in [-0.2, -0.15) is 9.61 Å². The van der Waals surface area contributed by atoms with Gasteiger partial charge in [-0.15, -0.1) is 0 Å². The van der Waals surface area contributed by atoms with Crippen molar-refractivity contribution in [3.8, 4) is 0 Å². The monoisotopic (exact) mass is 429 g/mol. The Labute approximate surface area is 179 Å². The quantitative estimate of drug-likeness (QED) is 0.328. The average Bonchev–Trinajstić information content (AvgIpc) is 3.28. The van der Waals surface area contributed by atoms with Gasteiger partial charge in [-0.3, -0.25) is 19.8 Å². The molecule has 8 nitrogen and oxygen atoms in total. The van der Waals surface area contributed by atoms with Crippen LogP contribution in [0.15, 0.2) is 30.3 Å². The summed E-state index contributed by atoms with van der Waals surface area (Å²) in [5.41, 5.74) is 1.05. The van der Waals surface area contributed by atoms with Crippen molar-refractivity contribution in [1.29, 1.82) is 0 Å². The van der Waals surface area contributed by atoms with E-state index in [1.165, 1.54) is 0 Å². The van der Waals surface area contributed by atoms with E-state index in [2.05, 4.69) is 22.0 Å². The lowest BCUT2D eigenvalue weighted by atomic mass is 10.1. The second-order valence-corrected chi connectivity index (χ2v) is 9.05. The molecule has 2 amide bonds. The molecule has 2 aromatic heterocycles. The molecule has 2 aliphatic rings. The normalized spacial score (nSPS) is 18.2. The van der Waals surface area contributed by atoms with Crippen molar-refractivity contribution >= 4 is 41.0 Å². The zero-order valence-corrected chi connectivity index (χ0v) is 18.0. The molecule has 0 aromatic carbocycles. The van der Waals surface area contributed by atoms with E-state index in [9.17, 15) is 9.59 Å². The molecule has 9 heteroatoms. The van der Waals surface area contributed by atoms with Crippen molar-refractivity contribution in [2.45, 2.75) is 45.6 Å². The van der Waals surface area contributed by atoms with Crippen LogP contribution in [0.25, 0.3) is 11.7 Å². The molecule has 4 rings (SSSR count). The zero-order chi connectivity index (χ0) is 21.6. The molecule has 1 N–H and O–H groups in total. The molecule has 1 saturated carbocycles. The number of nitrogens with zero attached hydrogens (tertiary/aromatic N) is 4. The van der Waals surface area contributed by atoms with Gasteiger partial charge >= 0.3 is 0 Å². The van der Waals surface area contributed by atoms with Crippen LogP contribution in [0, 0.1) is 5.92 Å². The van der Waals surface area contributed by atoms with Gasteiger partial charge in [0.15, 0.2) is 11.5 Å². The Morgan fingerprint density at radius 1 is 1.43 bits per heavy atom. The average molecular weight is 430 g/mol. The highest BCUT2D eigenvalue weighted by Gasteiger charge is 2.30. The number of hydrogen-bond acceptors (Lipinski definition) is 6. The topological polar surface area (TPSA) is 88.8 Å². The third-order valence-corrected chi connectivity index (χ3v) is 5.01. The molecular formula is C21H24ClN5O3. The van der Waals surface area contributed by atoms with Crippen molar-refractivity contribution in [3.63, 3.8) is 0 Å². The molecule has 3 heterocycles. The number of ether oxygens (including phenoxy) is 1. The number of halogens is 1. The van der Waals surface area contributed by atoms with Gasteiger partial charge in [-0.25, -0.2) is 4.98 Å². The van der Waals surface area contributed by atoms with Gasteiger partial charge in [-0.1, -0.05) is 11.6 Å². The summed E-state index contributed by atoms with van der Waals surface area (Å²) in [4.78, 5) is 29.8. The van der Waals surface area contributed by atoms with Gasteiger partial charge in [0.05, 0.1) is 12.6 Å². The Morgan fingerprint density at radius 2 is 2.17 bits per heavy atom. The van der Waals surface area contributed by atoms with E-state index in [4.69, 9.17) is 16.3 Å². The predicted octanol–water partition coefficient (Wildman–Crippen LogP) is 3.32. The molecular weight excluding hydrogens is 406 g/mol. The highest BCUT2D eigenvalue weighted by Crippen LogP contribution is 2.35. The first-order valence-electron chi connectivity index (χ1n) is 9.85. The number of imide groups is 1. The van der Waals surface area contributed by atoms with Gasteiger partial charge < -0.3 is 4.74 Å². The van der Waals surface area contributed by atoms with Crippen LogP contribution in [0.5, 0.6) is 0 Å². The number of fused-ring (bicyclic) bond motifs is 1. The van der Waals surface area contributed by atoms with Gasteiger partial charge in [0, 0.05) is 23.7 Å². The second kappa shape index (κ2) is 7.43. The summed E-state index contributed by atoms with van der Waals surface area (Å²) in [6, 6.07) is 1.73. The maximum absolute atomic E-state index is 11.9. The maximum atomic E-state index is 11.9. The summed E-state index contributed by atoms with van der Waals surface area (Å²) in [5, 5.41) is 7.03. The smallest absolute Gasteiger partial charge is 0.254 e. The van der Waals surface area contributed by atoms with Crippen molar-refractivity contribution in [2.75, 3.05) is 11.4 Å². The molecule has 1 aliphatic carbocycles. The van der Waals surface area contributed by atoms with Crippen LogP contribution < -0.4 is 10.2 Å². The fourth-order valence-electron chi connectivity index (χ4n) is 3.33. The molecule has 2 aromatic rings. The first kappa shape index (κ1) is 20.4. The van der Waals surface area contributed by atoms with E-state index >= 15 is 0 Å². The molecule has 0 atom stereocenters. The Hall–Kier alpha value is -2.87. The molecule has 2 fully saturated rings. The first-order valence-corrected chi connectivity index (χ1v) is 10.2. The van der Waals surface area contributed by atoms with Gasteiger partial charge in [-0.05, 0) is 52.2 Å². The zero-order valence-electron chi connectivity index (χ0n) is 17.2. The fourth-order valence-corrected chi connectivity index (χ4v) is 3.51. The van der Waals surface area contributed by atoms with E-state index < -0.39 is 11.5 Å². The maximum Gasteiger partial charge on any atom is 0.254 e. The lowest BCUT2D eigenvalue weighted by molar-refractivity contribution is -0.124. The molecule has 1 aliphatic heterocycles. The highest BCUT2D eigenvalue weighted by atomic mass is 35.5. The number of nitrogens with one attached hydrogen (secondary N) is 1. The number of amides is 2. The summed E-state index contributed by atoms with van der Waals surface area (Å²) < 4.78 is 7.70. The Bertz CT molecular complexity index is 1080. The summed E-state index contributed by atoms with van der Waals surface area (Å²) >= 11 is 6.35. The van der Waals surface area contributed by atoms with Gasteiger partial charge in [0.1, 0.15) is 16.6 Å². The number of rotatable bonds is 6. The highest BCUT2D eigenvalue weighted by molar-refractivity contribution is 6.29. The summed E-state index contributed by atoms with van der Waals surface area (Å²) in [5.74, 6) is 1.03. The molecule has 0 radical (unpaired) electrons. The SMILES string of the molecule is C=C(OC(C)(C)C)N(CC1CC1)c1cc(Cl)nc2c(/C=C3\CC(=O)NC3=O)cnn12. The lowest BCUT2D eigenvalue weighted by Crippen LogP contribution is -2.32. The van der Waals surface area contributed by atoms with E-state index in [-0.39, 0.29) is 17.5 Å². The first-order chi connectivity index (χ1) is 14.1. The summed E-state index contributed by atoms with van der Waals surface area (Å²) in [7, 11) is 0. The minimum atomic E-state index is -0.406. The number of carbonyl (C=O) groups is 2. The molecule has 0 bridgehead atoms. The number of aromatic nitrogens is 3. The lowest BCUT2D eigenvalue weighted by Gasteiger charge is -2.31. The third-order valence-electron chi connectivity index (χ3n) is 4.81. The Balaban J connectivity index is 1.77. The summed E-state index contributed by atoms with van der Waals surface area (Å²) in [6.07, 6.45) is 5.57. The number of hydrogen-bond donors (Lipinski definition) is 1. The summed E-state index contributed by atoms with van der Waals surface area (Å²) in [6.45, 7) is 10.8. The minimum Gasteiger partial charge on any atom is -0.474 e. The third kappa shape index (κ3) is 4.33. The van der Waals surface area contributed by atoms with Crippen LogP contribution in [0.3, 0.4) is 0 Å². The van der Waals surface area contributed by atoms with Crippen molar-refractivity contribution in [3.05, 3.63) is 41.0 Å². The predicted molar refractivity (Wildman–Crippen MR) is 114 cm³/mol. The molecule has 158 valence electrons. The number of anilines is 1. The van der Waals surface area contributed by atoms with Gasteiger partial charge in [0.25, 0.3) is 5.91 Å². The molecule has 30 heavy (non-hydrogen) atoms. The standard InChI is InChI=1S/C21H24ClN5O3/c1-12(30-21(2,3)4)26(11-13-5-6-13)18-9-16(22)24-19-15(10-23-27(18)19)7-14-8-17(28)25-20(14)29/h7,9-10,13H,1,5-6,8,11H2,2-4H3,(H,25,28,29)/b14-7+. The molecule has 0 spiro atoms.